The molecular formula is C17H19ClN2O6S. The van der Waals surface area contributed by atoms with Gasteiger partial charge in [-0.25, -0.2) is 13.2 Å². The Labute approximate surface area is 162 Å². The maximum absolute atomic E-state index is 12.7. The number of halogens is 1. The van der Waals surface area contributed by atoms with E-state index in [-0.39, 0.29) is 21.4 Å². The Morgan fingerprint density at radius 1 is 1.11 bits per heavy atom. The van der Waals surface area contributed by atoms with E-state index in [1.165, 1.54) is 16.4 Å². The Morgan fingerprint density at radius 2 is 1.81 bits per heavy atom. The minimum Gasteiger partial charge on any atom is -0.452 e. The van der Waals surface area contributed by atoms with E-state index in [9.17, 15) is 22.8 Å². The molecule has 8 nitrogen and oxygen atoms in total. The van der Waals surface area contributed by atoms with E-state index in [1.807, 2.05) is 0 Å². The number of nitrogens with zero attached hydrogens (tertiary/aromatic N) is 2. The molecule has 10 heteroatoms. The first-order valence-electron chi connectivity index (χ1n) is 8.61. The van der Waals surface area contributed by atoms with E-state index in [0.717, 1.165) is 23.8 Å². The lowest BCUT2D eigenvalue weighted by atomic mass is 10.2. The lowest BCUT2D eigenvalue weighted by Gasteiger charge is -2.17. The molecule has 1 aromatic rings. The van der Waals surface area contributed by atoms with Crippen molar-refractivity contribution in [3.8, 4) is 0 Å². The molecule has 0 unspecified atom stereocenters. The molecule has 2 fully saturated rings. The lowest BCUT2D eigenvalue weighted by Crippen LogP contribution is -2.35. The third-order valence-electron chi connectivity index (χ3n) is 4.55. The van der Waals surface area contributed by atoms with Crippen LogP contribution in [-0.4, -0.2) is 61.6 Å². The zero-order valence-electron chi connectivity index (χ0n) is 14.5. The number of hydrogen-bond acceptors (Lipinski definition) is 6. The summed E-state index contributed by atoms with van der Waals surface area (Å²) in [5, 5.41) is 0.0113. The van der Waals surface area contributed by atoms with Gasteiger partial charge < -0.3 is 4.74 Å². The molecule has 0 atom stereocenters. The predicted molar refractivity (Wildman–Crippen MR) is 95.7 cm³/mol. The molecule has 2 heterocycles. The van der Waals surface area contributed by atoms with Gasteiger partial charge in [0.1, 0.15) is 4.90 Å². The van der Waals surface area contributed by atoms with Crippen molar-refractivity contribution in [1.29, 1.82) is 0 Å². The Hall–Kier alpha value is -1.97. The standard InChI is InChI=1S/C17H19ClN2O6S/c18-13-6-5-12(10-14(13)27(24,25)19-7-1-2-8-19)17(23)26-11-16(22)20-9-3-4-15(20)21/h5-6,10H,1-4,7-9,11H2. The molecule has 2 aliphatic rings. The molecule has 27 heavy (non-hydrogen) atoms. The third-order valence-corrected chi connectivity index (χ3v) is 6.93. The van der Waals surface area contributed by atoms with Crippen molar-refractivity contribution < 1.29 is 27.5 Å². The van der Waals surface area contributed by atoms with Gasteiger partial charge >= 0.3 is 5.97 Å². The molecule has 1 aromatic carbocycles. The van der Waals surface area contributed by atoms with E-state index in [2.05, 4.69) is 0 Å². The van der Waals surface area contributed by atoms with Crippen molar-refractivity contribution in [1.82, 2.24) is 9.21 Å². The number of imide groups is 1. The highest BCUT2D eigenvalue weighted by Crippen LogP contribution is 2.28. The molecule has 0 bridgehead atoms. The van der Waals surface area contributed by atoms with Crippen LogP contribution in [-0.2, 0) is 24.3 Å². The predicted octanol–water partition coefficient (Wildman–Crippen LogP) is 1.43. The molecule has 2 amide bonds. The molecule has 2 aliphatic heterocycles. The summed E-state index contributed by atoms with van der Waals surface area (Å²) in [4.78, 5) is 36.6. The van der Waals surface area contributed by atoms with Crippen LogP contribution in [0.2, 0.25) is 5.02 Å². The van der Waals surface area contributed by atoms with Gasteiger partial charge in [0, 0.05) is 26.1 Å². The quantitative estimate of drug-likeness (QED) is 0.675. The van der Waals surface area contributed by atoms with Gasteiger partial charge in [0.2, 0.25) is 15.9 Å². The van der Waals surface area contributed by atoms with Gasteiger partial charge in [0.15, 0.2) is 6.61 Å². The number of hydrogen-bond donors (Lipinski definition) is 0. The van der Waals surface area contributed by atoms with Crippen LogP contribution in [0.25, 0.3) is 0 Å². The topological polar surface area (TPSA) is 101 Å². The number of esters is 1. The van der Waals surface area contributed by atoms with Gasteiger partial charge in [0.05, 0.1) is 10.6 Å². The lowest BCUT2D eigenvalue weighted by molar-refractivity contribution is -0.143. The van der Waals surface area contributed by atoms with Crippen molar-refractivity contribution in [3.05, 3.63) is 28.8 Å². The second kappa shape index (κ2) is 7.95. The van der Waals surface area contributed by atoms with E-state index in [1.54, 1.807) is 0 Å². The number of carbonyl (C=O) groups excluding carboxylic acids is 3. The number of likely N-dealkylation sites (tertiary alicyclic amines) is 1. The number of rotatable bonds is 5. The summed E-state index contributed by atoms with van der Waals surface area (Å²) >= 11 is 6.04. The smallest absolute Gasteiger partial charge is 0.338 e. The van der Waals surface area contributed by atoms with Crippen molar-refractivity contribution >= 4 is 39.4 Å². The van der Waals surface area contributed by atoms with Crippen LogP contribution in [0.1, 0.15) is 36.0 Å². The monoisotopic (exact) mass is 414 g/mol. The van der Waals surface area contributed by atoms with Crippen molar-refractivity contribution in [3.63, 3.8) is 0 Å². The van der Waals surface area contributed by atoms with Gasteiger partial charge in [-0.2, -0.15) is 4.31 Å². The average molecular weight is 415 g/mol. The normalized spacial score (nSPS) is 18.1. The largest absolute Gasteiger partial charge is 0.452 e. The highest BCUT2D eigenvalue weighted by atomic mass is 35.5. The maximum atomic E-state index is 12.7. The second-order valence-corrected chi connectivity index (χ2v) is 8.69. The van der Waals surface area contributed by atoms with E-state index < -0.39 is 28.5 Å². The molecular weight excluding hydrogens is 396 g/mol. The van der Waals surface area contributed by atoms with Gasteiger partial charge in [0.25, 0.3) is 5.91 Å². The first kappa shape index (κ1) is 19.8. The summed E-state index contributed by atoms with van der Waals surface area (Å²) in [6.07, 6.45) is 2.44. The summed E-state index contributed by atoms with van der Waals surface area (Å²) in [7, 11) is -3.80. The minimum atomic E-state index is -3.80. The Kier molecular flexibility index (Phi) is 5.83. The van der Waals surface area contributed by atoms with Crippen LogP contribution in [0.4, 0.5) is 0 Å². The summed E-state index contributed by atoms with van der Waals surface area (Å²) < 4.78 is 31.7. The summed E-state index contributed by atoms with van der Waals surface area (Å²) in [6.45, 7) is 0.549. The maximum Gasteiger partial charge on any atom is 0.338 e. The number of carbonyl (C=O) groups is 3. The average Bonchev–Trinajstić information content (AvgIpc) is 3.31. The number of sulfonamides is 1. The number of ether oxygens (including phenoxy) is 1. The molecule has 0 aromatic heterocycles. The Morgan fingerprint density at radius 3 is 2.44 bits per heavy atom. The van der Waals surface area contributed by atoms with Crippen molar-refractivity contribution in [2.45, 2.75) is 30.6 Å². The van der Waals surface area contributed by atoms with Crippen LogP contribution in [0.3, 0.4) is 0 Å². The first-order chi connectivity index (χ1) is 12.8. The fourth-order valence-electron chi connectivity index (χ4n) is 3.10. The Balaban J connectivity index is 1.72. The molecule has 0 spiro atoms. The second-order valence-electron chi connectivity index (χ2n) is 6.38. The molecule has 146 valence electrons. The van der Waals surface area contributed by atoms with Gasteiger partial charge in [-0.05, 0) is 37.5 Å². The highest BCUT2D eigenvalue weighted by molar-refractivity contribution is 7.89. The molecule has 3 rings (SSSR count). The third kappa shape index (κ3) is 4.15. The first-order valence-corrected chi connectivity index (χ1v) is 10.4. The summed E-state index contributed by atoms with van der Waals surface area (Å²) in [5.74, 6) is -1.74. The fourth-order valence-corrected chi connectivity index (χ4v) is 5.11. The number of amides is 2. The molecule has 0 aliphatic carbocycles. The SMILES string of the molecule is O=C(OCC(=O)N1CCCC1=O)c1ccc(Cl)c(S(=O)(=O)N2CCCC2)c1. The van der Waals surface area contributed by atoms with Gasteiger partial charge in [-0.3, -0.25) is 14.5 Å². The van der Waals surface area contributed by atoms with E-state index >= 15 is 0 Å². The van der Waals surface area contributed by atoms with E-state index in [0.29, 0.717) is 32.5 Å². The molecule has 0 saturated carbocycles. The van der Waals surface area contributed by atoms with Crippen LogP contribution in [0.5, 0.6) is 0 Å². The molecule has 0 radical (unpaired) electrons. The van der Waals surface area contributed by atoms with Crippen molar-refractivity contribution in [2.24, 2.45) is 0 Å². The van der Waals surface area contributed by atoms with Crippen LogP contribution in [0.15, 0.2) is 23.1 Å². The van der Waals surface area contributed by atoms with Crippen molar-refractivity contribution in [2.75, 3.05) is 26.2 Å². The summed E-state index contributed by atoms with van der Waals surface area (Å²) in [6, 6.07) is 3.80. The molecule has 2 saturated heterocycles. The number of benzene rings is 1. The molecule has 0 N–H and O–H groups in total. The summed E-state index contributed by atoms with van der Waals surface area (Å²) in [5.41, 5.74) is -0.0299. The highest BCUT2D eigenvalue weighted by Gasteiger charge is 2.30. The van der Waals surface area contributed by atoms with E-state index in [4.69, 9.17) is 16.3 Å². The van der Waals surface area contributed by atoms with Crippen LogP contribution < -0.4 is 0 Å². The van der Waals surface area contributed by atoms with Gasteiger partial charge in [-0.1, -0.05) is 11.6 Å². The Bertz CT molecular complexity index is 879. The van der Waals surface area contributed by atoms with Crippen LogP contribution in [0, 0.1) is 0 Å². The minimum absolute atomic E-state index is 0.0113. The fraction of sp³-hybridized carbons (Fsp3) is 0.471. The zero-order valence-corrected chi connectivity index (χ0v) is 16.1. The zero-order chi connectivity index (χ0) is 19.6. The van der Waals surface area contributed by atoms with Crippen LogP contribution >= 0.6 is 11.6 Å². The van der Waals surface area contributed by atoms with Gasteiger partial charge in [-0.15, -0.1) is 0 Å².